The monoisotopic (exact) mass is 411 g/mol. The Balaban J connectivity index is 1.73. The van der Waals surface area contributed by atoms with Gasteiger partial charge < -0.3 is 20.1 Å². The average Bonchev–Trinajstić information content (AvgIpc) is 3.35. The van der Waals surface area contributed by atoms with Gasteiger partial charge in [-0.25, -0.2) is 4.68 Å². The van der Waals surface area contributed by atoms with Crippen LogP contribution < -0.4 is 20.1 Å². The second kappa shape index (κ2) is 7.59. The molecule has 0 radical (unpaired) electrons. The van der Waals surface area contributed by atoms with Crippen molar-refractivity contribution < 1.29 is 14.3 Å². The van der Waals surface area contributed by atoms with Gasteiger partial charge in [0.25, 0.3) is 5.91 Å². The molecule has 3 aromatic rings. The molecule has 29 heavy (non-hydrogen) atoms. The SMILES string of the molecule is COc1ccc(NC(=O)C2=C(C)Nc3ncnn3[C@H]2c2ccc(C)s2)c(OC)c1. The van der Waals surface area contributed by atoms with Crippen molar-refractivity contribution in [2.75, 3.05) is 24.9 Å². The Kier molecular flexibility index (Phi) is 4.98. The highest BCUT2D eigenvalue weighted by Crippen LogP contribution is 2.38. The van der Waals surface area contributed by atoms with Crippen molar-refractivity contribution in [2.24, 2.45) is 0 Å². The number of aromatic nitrogens is 3. The van der Waals surface area contributed by atoms with E-state index in [0.717, 1.165) is 15.5 Å². The molecule has 2 aromatic heterocycles. The summed E-state index contributed by atoms with van der Waals surface area (Å²) in [4.78, 5) is 19.8. The lowest BCUT2D eigenvalue weighted by Gasteiger charge is -2.28. The average molecular weight is 411 g/mol. The van der Waals surface area contributed by atoms with Gasteiger partial charge in [0, 0.05) is 21.5 Å². The highest BCUT2D eigenvalue weighted by Gasteiger charge is 2.34. The first kappa shape index (κ1) is 19.0. The van der Waals surface area contributed by atoms with Crippen molar-refractivity contribution in [3.05, 3.63) is 57.7 Å². The third kappa shape index (κ3) is 3.44. The normalized spacial score (nSPS) is 15.5. The quantitative estimate of drug-likeness (QED) is 0.667. The third-order valence-electron chi connectivity index (χ3n) is 4.73. The molecule has 8 nitrogen and oxygen atoms in total. The lowest BCUT2D eigenvalue weighted by molar-refractivity contribution is -0.113. The maximum Gasteiger partial charge on any atom is 0.256 e. The second-order valence-electron chi connectivity index (χ2n) is 6.56. The summed E-state index contributed by atoms with van der Waals surface area (Å²) in [5.74, 6) is 1.53. The predicted molar refractivity (Wildman–Crippen MR) is 112 cm³/mol. The number of amides is 1. The summed E-state index contributed by atoms with van der Waals surface area (Å²) >= 11 is 1.63. The van der Waals surface area contributed by atoms with Gasteiger partial charge >= 0.3 is 0 Å². The summed E-state index contributed by atoms with van der Waals surface area (Å²) in [6.45, 7) is 3.90. The van der Waals surface area contributed by atoms with Crippen LogP contribution in [0, 0.1) is 6.92 Å². The molecule has 2 N–H and O–H groups in total. The molecule has 4 rings (SSSR count). The number of carbonyl (C=O) groups excluding carboxylic acids is 1. The molecule has 3 heterocycles. The van der Waals surface area contributed by atoms with E-state index in [2.05, 4.69) is 20.7 Å². The van der Waals surface area contributed by atoms with Crippen LogP contribution in [0.25, 0.3) is 0 Å². The number of allylic oxidation sites excluding steroid dienone is 1. The number of aryl methyl sites for hydroxylation is 1. The second-order valence-corrected chi connectivity index (χ2v) is 7.88. The van der Waals surface area contributed by atoms with Gasteiger partial charge in [0.2, 0.25) is 5.95 Å². The fourth-order valence-corrected chi connectivity index (χ4v) is 4.31. The van der Waals surface area contributed by atoms with Crippen molar-refractivity contribution in [3.63, 3.8) is 0 Å². The Hall–Kier alpha value is -3.33. The molecule has 1 amide bonds. The zero-order chi connectivity index (χ0) is 20.5. The molecule has 1 aromatic carbocycles. The first-order chi connectivity index (χ1) is 14.0. The van der Waals surface area contributed by atoms with Crippen LogP contribution in [-0.2, 0) is 4.79 Å². The number of hydrogen-bond acceptors (Lipinski definition) is 7. The highest BCUT2D eigenvalue weighted by molar-refractivity contribution is 7.12. The van der Waals surface area contributed by atoms with Crippen molar-refractivity contribution in [1.29, 1.82) is 0 Å². The molecule has 1 aliphatic heterocycles. The molecule has 0 fully saturated rings. The van der Waals surface area contributed by atoms with Crippen LogP contribution in [0.15, 0.2) is 47.9 Å². The van der Waals surface area contributed by atoms with Gasteiger partial charge in [0.05, 0.1) is 25.5 Å². The Bertz CT molecular complexity index is 1100. The minimum absolute atomic E-state index is 0.240. The first-order valence-electron chi connectivity index (χ1n) is 8.98. The van der Waals surface area contributed by atoms with Crippen molar-refractivity contribution in [1.82, 2.24) is 14.8 Å². The summed E-state index contributed by atoms with van der Waals surface area (Å²) in [6, 6.07) is 8.95. The first-order valence-corrected chi connectivity index (χ1v) is 9.80. The lowest BCUT2D eigenvalue weighted by atomic mass is 10.0. The van der Waals surface area contributed by atoms with Crippen molar-refractivity contribution >= 4 is 28.9 Å². The molecule has 0 bridgehead atoms. The molecule has 150 valence electrons. The van der Waals surface area contributed by atoms with E-state index in [0.29, 0.717) is 28.7 Å². The maximum absolute atomic E-state index is 13.4. The van der Waals surface area contributed by atoms with Crippen LogP contribution in [0.1, 0.15) is 22.7 Å². The Labute approximate surface area is 172 Å². The summed E-state index contributed by atoms with van der Waals surface area (Å²) in [7, 11) is 3.13. The van der Waals surface area contributed by atoms with E-state index in [1.165, 1.54) is 6.33 Å². The summed E-state index contributed by atoms with van der Waals surface area (Å²) in [5.41, 5.74) is 1.86. The number of rotatable bonds is 5. The molecule has 0 spiro atoms. The van der Waals surface area contributed by atoms with Gasteiger partial charge in [-0.2, -0.15) is 10.1 Å². The number of carbonyl (C=O) groups is 1. The van der Waals surface area contributed by atoms with Gasteiger partial charge in [-0.3, -0.25) is 4.79 Å². The summed E-state index contributed by atoms with van der Waals surface area (Å²) in [5, 5.41) is 10.5. The molecule has 0 aliphatic carbocycles. The molecule has 1 atom stereocenters. The van der Waals surface area contributed by atoms with Gasteiger partial charge in [0.15, 0.2) is 0 Å². The molecule has 9 heteroatoms. The smallest absolute Gasteiger partial charge is 0.256 e. The molecule has 0 unspecified atom stereocenters. The van der Waals surface area contributed by atoms with E-state index in [1.807, 2.05) is 26.0 Å². The fourth-order valence-electron chi connectivity index (χ4n) is 3.34. The summed E-state index contributed by atoms with van der Waals surface area (Å²) < 4.78 is 12.4. The zero-order valence-electron chi connectivity index (χ0n) is 16.5. The van der Waals surface area contributed by atoms with Gasteiger partial charge in [-0.15, -0.1) is 11.3 Å². The number of nitrogens with zero attached hydrogens (tertiary/aromatic N) is 3. The standard InChI is InChI=1S/C20H21N5O3S/c1-11-5-8-16(29-11)18-17(12(2)23-20-21-10-22-25(18)20)19(26)24-14-7-6-13(27-3)9-15(14)28-4/h5-10,18H,1-4H3,(H,24,26)(H,21,22,23)/t18-/m0/s1. The van der Waals surface area contributed by atoms with E-state index >= 15 is 0 Å². The molecular weight excluding hydrogens is 390 g/mol. The number of benzene rings is 1. The number of nitrogens with one attached hydrogen (secondary N) is 2. The lowest BCUT2D eigenvalue weighted by Crippen LogP contribution is -2.31. The Morgan fingerprint density at radius 1 is 1.21 bits per heavy atom. The zero-order valence-corrected chi connectivity index (χ0v) is 17.3. The summed E-state index contributed by atoms with van der Waals surface area (Å²) in [6.07, 6.45) is 1.48. The van der Waals surface area contributed by atoms with E-state index in [9.17, 15) is 4.79 Å². The van der Waals surface area contributed by atoms with Crippen molar-refractivity contribution in [2.45, 2.75) is 19.9 Å². The van der Waals surface area contributed by atoms with E-state index < -0.39 is 0 Å². The minimum Gasteiger partial charge on any atom is -0.497 e. The van der Waals surface area contributed by atoms with Gasteiger partial charge in [-0.05, 0) is 38.1 Å². The van der Waals surface area contributed by atoms with Crippen LogP contribution in [0.4, 0.5) is 11.6 Å². The third-order valence-corrected chi connectivity index (χ3v) is 5.78. The van der Waals surface area contributed by atoms with Crippen LogP contribution in [0.2, 0.25) is 0 Å². The van der Waals surface area contributed by atoms with Gasteiger partial charge in [0.1, 0.15) is 23.9 Å². The Morgan fingerprint density at radius 3 is 2.72 bits per heavy atom. The largest absolute Gasteiger partial charge is 0.497 e. The van der Waals surface area contributed by atoms with Gasteiger partial charge in [-0.1, -0.05) is 0 Å². The maximum atomic E-state index is 13.4. The van der Waals surface area contributed by atoms with Crippen LogP contribution in [0.5, 0.6) is 11.5 Å². The number of hydrogen-bond donors (Lipinski definition) is 2. The van der Waals surface area contributed by atoms with Crippen LogP contribution in [0.3, 0.4) is 0 Å². The van der Waals surface area contributed by atoms with E-state index in [-0.39, 0.29) is 11.9 Å². The molecule has 1 aliphatic rings. The highest BCUT2D eigenvalue weighted by atomic mass is 32.1. The van der Waals surface area contributed by atoms with Crippen LogP contribution >= 0.6 is 11.3 Å². The minimum atomic E-state index is -0.364. The Morgan fingerprint density at radius 2 is 2.03 bits per heavy atom. The number of ether oxygens (including phenoxy) is 2. The number of fused-ring (bicyclic) bond motifs is 1. The van der Waals surface area contributed by atoms with Crippen molar-refractivity contribution in [3.8, 4) is 11.5 Å². The number of anilines is 2. The number of methoxy groups -OCH3 is 2. The molecule has 0 saturated heterocycles. The topological polar surface area (TPSA) is 90.3 Å². The van der Waals surface area contributed by atoms with E-state index in [1.54, 1.807) is 48.4 Å². The predicted octanol–water partition coefficient (Wildman–Crippen LogP) is 3.59. The fraction of sp³-hybridized carbons (Fsp3) is 0.250. The number of thiophene rings is 1. The molecule has 0 saturated carbocycles. The van der Waals surface area contributed by atoms with E-state index in [4.69, 9.17) is 9.47 Å². The van der Waals surface area contributed by atoms with Crippen LogP contribution in [-0.4, -0.2) is 34.9 Å². The molecular formula is C20H21N5O3S.